The van der Waals surface area contributed by atoms with Crippen LogP contribution in [0.2, 0.25) is 0 Å². The number of aryl methyl sites for hydroxylation is 1. The molecule has 3 rings (SSSR count). The molecule has 1 aliphatic carbocycles. The van der Waals surface area contributed by atoms with Crippen LogP contribution in [-0.4, -0.2) is 0 Å². The molecule has 2 nitrogen and oxygen atoms in total. The molecular formula is C17H15FN2. The molecule has 2 aromatic rings. The van der Waals surface area contributed by atoms with Gasteiger partial charge in [-0.05, 0) is 61.1 Å². The Labute approximate surface area is 117 Å². The van der Waals surface area contributed by atoms with E-state index in [1.807, 2.05) is 18.2 Å². The van der Waals surface area contributed by atoms with Gasteiger partial charge in [0, 0.05) is 11.4 Å². The maximum absolute atomic E-state index is 13.5. The van der Waals surface area contributed by atoms with E-state index in [0.29, 0.717) is 11.3 Å². The normalized spacial score (nSPS) is 13.4. The number of nitrogens with zero attached hydrogens (tertiary/aromatic N) is 1. The molecule has 0 unspecified atom stereocenters. The molecule has 0 saturated carbocycles. The summed E-state index contributed by atoms with van der Waals surface area (Å²) in [7, 11) is 0. The van der Waals surface area contributed by atoms with E-state index in [9.17, 15) is 4.39 Å². The lowest BCUT2D eigenvalue weighted by atomic mass is 9.90. The molecule has 0 saturated heterocycles. The van der Waals surface area contributed by atoms with Crippen molar-refractivity contribution in [2.75, 3.05) is 5.32 Å². The Bertz CT molecular complexity index is 686. The lowest BCUT2D eigenvalue weighted by Gasteiger charge is -2.20. The highest BCUT2D eigenvalue weighted by Gasteiger charge is 2.13. The molecule has 0 aromatic heterocycles. The van der Waals surface area contributed by atoms with E-state index in [-0.39, 0.29) is 0 Å². The fourth-order valence-corrected chi connectivity index (χ4v) is 2.78. The number of anilines is 2. The molecule has 1 aliphatic rings. The number of halogens is 1. The fourth-order valence-electron chi connectivity index (χ4n) is 2.78. The molecule has 100 valence electrons. The topological polar surface area (TPSA) is 35.8 Å². The Kier molecular flexibility index (Phi) is 3.39. The second-order valence-corrected chi connectivity index (χ2v) is 5.12. The van der Waals surface area contributed by atoms with E-state index in [1.165, 1.54) is 36.1 Å². The van der Waals surface area contributed by atoms with Crippen LogP contribution in [0.25, 0.3) is 0 Å². The number of hydrogen-bond donors (Lipinski definition) is 1. The molecule has 0 heterocycles. The summed E-state index contributed by atoms with van der Waals surface area (Å²) >= 11 is 0. The van der Waals surface area contributed by atoms with Crippen molar-refractivity contribution in [1.29, 1.82) is 5.26 Å². The van der Waals surface area contributed by atoms with Crippen molar-refractivity contribution in [2.45, 2.75) is 25.7 Å². The summed E-state index contributed by atoms with van der Waals surface area (Å²) in [6, 6.07) is 12.5. The molecule has 0 spiro atoms. The fraction of sp³-hybridized carbons (Fsp3) is 0.235. The van der Waals surface area contributed by atoms with Gasteiger partial charge in [-0.15, -0.1) is 0 Å². The monoisotopic (exact) mass is 266 g/mol. The summed E-state index contributed by atoms with van der Waals surface area (Å²) in [6.07, 6.45) is 4.59. The molecule has 0 bridgehead atoms. The molecule has 1 N–H and O–H groups in total. The number of hydrogen-bond acceptors (Lipinski definition) is 2. The van der Waals surface area contributed by atoms with Crippen molar-refractivity contribution in [2.24, 2.45) is 0 Å². The zero-order chi connectivity index (χ0) is 13.9. The van der Waals surface area contributed by atoms with Gasteiger partial charge >= 0.3 is 0 Å². The third-order valence-electron chi connectivity index (χ3n) is 3.70. The van der Waals surface area contributed by atoms with E-state index in [4.69, 9.17) is 5.26 Å². The van der Waals surface area contributed by atoms with E-state index in [2.05, 4.69) is 11.4 Å². The van der Waals surface area contributed by atoms with Crippen molar-refractivity contribution in [3.05, 3.63) is 58.9 Å². The van der Waals surface area contributed by atoms with Gasteiger partial charge < -0.3 is 5.32 Å². The Morgan fingerprint density at radius 2 is 1.95 bits per heavy atom. The predicted octanol–water partition coefficient (Wildman–Crippen LogP) is 4.32. The average Bonchev–Trinajstić information content (AvgIpc) is 2.47. The van der Waals surface area contributed by atoms with Crippen LogP contribution in [0.3, 0.4) is 0 Å². The van der Waals surface area contributed by atoms with E-state index < -0.39 is 5.82 Å². The first kappa shape index (κ1) is 12.7. The number of nitrogens with one attached hydrogen (secondary N) is 1. The largest absolute Gasteiger partial charge is 0.355 e. The van der Waals surface area contributed by atoms with Crippen LogP contribution in [0.5, 0.6) is 0 Å². The van der Waals surface area contributed by atoms with Crippen LogP contribution >= 0.6 is 0 Å². The lowest BCUT2D eigenvalue weighted by molar-refractivity contribution is 0.628. The smallest absolute Gasteiger partial charge is 0.126 e. The van der Waals surface area contributed by atoms with Crippen molar-refractivity contribution in [1.82, 2.24) is 0 Å². The summed E-state index contributed by atoms with van der Waals surface area (Å²) in [5.74, 6) is -0.392. The highest BCUT2D eigenvalue weighted by atomic mass is 19.1. The SMILES string of the molecule is N#Cc1cc(F)cc(Nc2cccc3c2CCCC3)c1. The summed E-state index contributed by atoms with van der Waals surface area (Å²) in [4.78, 5) is 0. The van der Waals surface area contributed by atoms with Gasteiger partial charge in [0.1, 0.15) is 5.82 Å². The summed E-state index contributed by atoms with van der Waals surface area (Å²) in [5.41, 5.74) is 4.68. The average molecular weight is 266 g/mol. The quantitative estimate of drug-likeness (QED) is 0.878. The summed E-state index contributed by atoms with van der Waals surface area (Å²) in [5, 5.41) is 12.2. The Balaban J connectivity index is 1.96. The van der Waals surface area contributed by atoms with Crippen LogP contribution in [0, 0.1) is 17.1 Å². The molecule has 3 heteroatoms. The molecule has 0 fully saturated rings. The second-order valence-electron chi connectivity index (χ2n) is 5.12. The minimum Gasteiger partial charge on any atom is -0.355 e. The van der Waals surface area contributed by atoms with Gasteiger partial charge in [-0.3, -0.25) is 0 Å². The standard InChI is InChI=1S/C17H15FN2/c18-14-8-12(11-19)9-15(10-14)20-17-7-3-5-13-4-1-2-6-16(13)17/h3,5,7-10,20H,1-2,4,6H2. The van der Waals surface area contributed by atoms with Gasteiger partial charge in [-0.2, -0.15) is 5.26 Å². The Hall–Kier alpha value is -2.34. The van der Waals surface area contributed by atoms with E-state index in [1.54, 1.807) is 6.07 Å². The van der Waals surface area contributed by atoms with Crippen LogP contribution < -0.4 is 5.32 Å². The molecular weight excluding hydrogens is 251 g/mol. The first-order chi connectivity index (χ1) is 9.76. The number of benzene rings is 2. The summed E-state index contributed by atoms with van der Waals surface area (Å²) in [6.45, 7) is 0. The van der Waals surface area contributed by atoms with Gasteiger partial charge in [0.2, 0.25) is 0 Å². The molecule has 0 radical (unpaired) electrons. The third kappa shape index (κ3) is 2.50. The summed E-state index contributed by atoms with van der Waals surface area (Å²) < 4.78 is 13.5. The third-order valence-corrected chi connectivity index (χ3v) is 3.70. The van der Waals surface area contributed by atoms with Crippen LogP contribution in [0.15, 0.2) is 36.4 Å². The van der Waals surface area contributed by atoms with Crippen LogP contribution in [0.1, 0.15) is 29.5 Å². The maximum atomic E-state index is 13.5. The highest BCUT2D eigenvalue weighted by Crippen LogP contribution is 2.30. The van der Waals surface area contributed by atoms with Gasteiger partial charge in [0.05, 0.1) is 11.6 Å². The minimum atomic E-state index is -0.392. The predicted molar refractivity (Wildman–Crippen MR) is 77.5 cm³/mol. The van der Waals surface area contributed by atoms with Gasteiger partial charge in [0.15, 0.2) is 0 Å². The van der Waals surface area contributed by atoms with E-state index >= 15 is 0 Å². The van der Waals surface area contributed by atoms with Gasteiger partial charge in [-0.1, -0.05) is 12.1 Å². The zero-order valence-corrected chi connectivity index (χ0v) is 11.1. The van der Waals surface area contributed by atoms with Crippen LogP contribution in [-0.2, 0) is 12.8 Å². The van der Waals surface area contributed by atoms with Gasteiger partial charge in [-0.25, -0.2) is 4.39 Å². The van der Waals surface area contributed by atoms with E-state index in [0.717, 1.165) is 18.5 Å². The van der Waals surface area contributed by atoms with Crippen molar-refractivity contribution in [3.63, 3.8) is 0 Å². The number of rotatable bonds is 2. The van der Waals surface area contributed by atoms with Crippen LogP contribution in [0.4, 0.5) is 15.8 Å². The molecule has 0 amide bonds. The highest BCUT2D eigenvalue weighted by molar-refractivity contribution is 5.66. The Morgan fingerprint density at radius 3 is 2.80 bits per heavy atom. The molecule has 0 atom stereocenters. The van der Waals surface area contributed by atoms with Crippen molar-refractivity contribution in [3.8, 4) is 6.07 Å². The molecule has 0 aliphatic heterocycles. The first-order valence-corrected chi connectivity index (χ1v) is 6.85. The second kappa shape index (κ2) is 5.34. The molecule has 2 aromatic carbocycles. The zero-order valence-electron chi connectivity index (χ0n) is 11.1. The number of fused-ring (bicyclic) bond motifs is 1. The van der Waals surface area contributed by atoms with Crippen molar-refractivity contribution < 1.29 is 4.39 Å². The van der Waals surface area contributed by atoms with Gasteiger partial charge in [0.25, 0.3) is 0 Å². The maximum Gasteiger partial charge on any atom is 0.126 e. The van der Waals surface area contributed by atoms with Crippen molar-refractivity contribution >= 4 is 11.4 Å². The molecule has 20 heavy (non-hydrogen) atoms. The Morgan fingerprint density at radius 1 is 1.10 bits per heavy atom. The number of nitriles is 1. The minimum absolute atomic E-state index is 0.331. The first-order valence-electron chi connectivity index (χ1n) is 6.85. The lowest BCUT2D eigenvalue weighted by Crippen LogP contribution is -2.06.